The van der Waals surface area contributed by atoms with Gasteiger partial charge in [-0.05, 0) is 24.1 Å². The molecule has 0 aromatic heterocycles. The highest BCUT2D eigenvalue weighted by Gasteiger charge is 1.94. The standard InChI is InChI=1S/C13H20ClN/c1-2-3-4-8-15-11-13-7-5-6-12(9-13)10-14/h5-7,9,15H,2-4,8,10-11H2,1H3. The smallest absolute Gasteiger partial charge is 0.0474 e. The molecule has 2 heteroatoms. The quantitative estimate of drug-likeness (QED) is 0.551. The third-order valence-electron chi connectivity index (χ3n) is 2.43. The Hall–Kier alpha value is -0.530. The Kier molecular flexibility index (Phi) is 6.45. The van der Waals surface area contributed by atoms with Gasteiger partial charge in [-0.1, -0.05) is 44.0 Å². The highest BCUT2D eigenvalue weighted by atomic mass is 35.5. The highest BCUT2D eigenvalue weighted by Crippen LogP contribution is 2.07. The number of halogens is 1. The maximum atomic E-state index is 5.78. The molecule has 0 aliphatic carbocycles. The van der Waals surface area contributed by atoms with Crippen LogP contribution in [0.25, 0.3) is 0 Å². The first-order chi connectivity index (χ1) is 7.36. The molecule has 0 saturated heterocycles. The van der Waals surface area contributed by atoms with Crippen LogP contribution in [0.5, 0.6) is 0 Å². The molecule has 1 nitrogen and oxygen atoms in total. The molecule has 0 heterocycles. The number of nitrogens with one attached hydrogen (secondary N) is 1. The van der Waals surface area contributed by atoms with Crippen LogP contribution in [0.1, 0.15) is 37.3 Å². The molecule has 0 saturated carbocycles. The van der Waals surface area contributed by atoms with Crippen molar-refractivity contribution in [3.8, 4) is 0 Å². The molecule has 0 fully saturated rings. The van der Waals surface area contributed by atoms with E-state index in [1.165, 1.54) is 30.4 Å². The second kappa shape index (κ2) is 7.72. The largest absolute Gasteiger partial charge is 0.313 e. The van der Waals surface area contributed by atoms with Gasteiger partial charge in [0.2, 0.25) is 0 Å². The number of rotatable bonds is 7. The molecule has 0 aliphatic rings. The third-order valence-corrected chi connectivity index (χ3v) is 2.74. The minimum absolute atomic E-state index is 0.601. The van der Waals surface area contributed by atoms with Gasteiger partial charge >= 0.3 is 0 Å². The van der Waals surface area contributed by atoms with Gasteiger partial charge in [0.05, 0.1) is 0 Å². The molecule has 0 unspecified atom stereocenters. The van der Waals surface area contributed by atoms with Crippen molar-refractivity contribution >= 4 is 11.6 Å². The summed E-state index contributed by atoms with van der Waals surface area (Å²) in [5, 5.41) is 3.44. The van der Waals surface area contributed by atoms with E-state index in [0.717, 1.165) is 13.1 Å². The average molecular weight is 226 g/mol. The maximum Gasteiger partial charge on any atom is 0.0474 e. The zero-order chi connectivity index (χ0) is 10.9. The Bertz CT molecular complexity index is 273. The van der Waals surface area contributed by atoms with Gasteiger partial charge in [-0.2, -0.15) is 0 Å². The molecule has 0 radical (unpaired) electrons. The van der Waals surface area contributed by atoms with Crippen molar-refractivity contribution in [1.29, 1.82) is 0 Å². The van der Waals surface area contributed by atoms with Crippen LogP contribution in [-0.4, -0.2) is 6.54 Å². The molecule has 0 aliphatic heterocycles. The van der Waals surface area contributed by atoms with E-state index in [-0.39, 0.29) is 0 Å². The van der Waals surface area contributed by atoms with Crippen LogP contribution in [-0.2, 0) is 12.4 Å². The summed E-state index contributed by atoms with van der Waals surface area (Å²) in [4.78, 5) is 0. The van der Waals surface area contributed by atoms with Gasteiger partial charge < -0.3 is 5.32 Å². The first kappa shape index (κ1) is 12.5. The Morgan fingerprint density at radius 2 is 2.00 bits per heavy atom. The van der Waals surface area contributed by atoms with Crippen molar-refractivity contribution in [3.05, 3.63) is 35.4 Å². The lowest BCUT2D eigenvalue weighted by atomic mass is 10.1. The van der Waals surface area contributed by atoms with Crippen molar-refractivity contribution < 1.29 is 0 Å². The van der Waals surface area contributed by atoms with Crippen LogP contribution in [0.15, 0.2) is 24.3 Å². The first-order valence-electron chi connectivity index (χ1n) is 5.71. The van der Waals surface area contributed by atoms with Crippen molar-refractivity contribution in [3.63, 3.8) is 0 Å². The van der Waals surface area contributed by atoms with E-state index < -0.39 is 0 Å². The maximum absolute atomic E-state index is 5.78. The van der Waals surface area contributed by atoms with Gasteiger partial charge in [0.1, 0.15) is 0 Å². The molecule has 0 spiro atoms. The van der Waals surface area contributed by atoms with Gasteiger partial charge in [-0.15, -0.1) is 11.6 Å². The Balaban J connectivity index is 2.24. The second-order valence-corrected chi connectivity index (χ2v) is 4.10. The van der Waals surface area contributed by atoms with E-state index >= 15 is 0 Å². The average Bonchev–Trinajstić information content (AvgIpc) is 2.29. The van der Waals surface area contributed by atoms with E-state index in [1.54, 1.807) is 0 Å². The predicted octanol–water partition coefficient (Wildman–Crippen LogP) is 3.71. The van der Waals surface area contributed by atoms with Crippen LogP contribution < -0.4 is 5.32 Å². The monoisotopic (exact) mass is 225 g/mol. The lowest BCUT2D eigenvalue weighted by Gasteiger charge is -2.05. The normalized spacial score (nSPS) is 10.5. The summed E-state index contributed by atoms with van der Waals surface area (Å²) in [5.74, 6) is 0.601. The van der Waals surface area contributed by atoms with Crippen molar-refractivity contribution in [2.45, 2.75) is 38.6 Å². The molecule has 84 valence electrons. The van der Waals surface area contributed by atoms with Crippen LogP contribution in [0.4, 0.5) is 0 Å². The van der Waals surface area contributed by atoms with Crippen molar-refractivity contribution in [2.24, 2.45) is 0 Å². The van der Waals surface area contributed by atoms with Crippen LogP contribution >= 0.6 is 11.6 Å². The Labute approximate surface area is 97.8 Å². The predicted molar refractivity (Wildman–Crippen MR) is 67.2 cm³/mol. The molecule has 0 atom stereocenters. The number of benzene rings is 1. The number of hydrogen-bond acceptors (Lipinski definition) is 1. The minimum atomic E-state index is 0.601. The van der Waals surface area contributed by atoms with Gasteiger partial charge in [0, 0.05) is 12.4 Å². The van der Waals surface area contributed by atoms with Crippen molar-refractivity contribution in [2.75, 3.05) is 6.54 Å². The number of unbranched alkanes of at least 4 members (excludes halogenated alkanes) is 2. The molecule has 0 amide bonds. The Morgan fingerprint density at radius 1 is 1.20 bits per heavy atom. The lowest BCUT2D eigenvalue weighted by molar-refractivity contribution is 0.616. The molecule has 1 aromatic carbocycles. The fraction of sp³-hybridized carbons (Fsp3) is 0.538. The fourth-order valence-corrected chi connectivity index (χ4v) is 1.72. The van der Waals surface area contributed by atoms with E-state index in [2.05, 4.69) is 36.5 Å². The summed E-state index contributed by atoms with van der Waals surface area (Å²) < 4.78 is 0. The topological polar surface area (TPSA) is 12.0 Å². The van der Waals surface area contributed by atoms with Crippen LogP contribution in [0.2, 0.25) is 0 Å². The number of alkyl halides is 1. The molecule has 1 N–H and O–H groups in total. The van der Waals surface area contributed by atoms with Crippen molar-refractivity contribution in [1.82, 2.24) is 5.32 Å². The summed E-state index contributed by atoms with van der Waals surface area (Å²) in [6.07, 6.45) is 3.86. The SMILES string of the molecule is CCCCCNCc1cccc(CCl)c1. The van der Waals surface area contributed by atoms with E-state index in [4.69, 9.17) is 11.6 Å². The molecule has 1 rings (SSSR count). The molecule has 1 aromatic rings. The molecule has 0 bridgehead atoms. The molecule has 15 heavy (non-hydrogen) atoms. The van der Waals surface area contributed by atoms with E-state index in [9.17, 15) is 0 Å². The summed E-state index contributed by atoms with van der Waals surface area (Å²) >= 11 is 5.78. The third kappa shape index (κ3) is 5.19. The Morgan fingerprint density at radius 3 is 2.73 bits per heavy atom. The summed E-state index contributed by atoms with van der Waals surface area (Å²) in [5.41, 5.74) is 2.52. The zero-order valence-corrected chi connectivity index (χ0v) is 10.2. The summed E-state index contributed by atoms with van der Waals surface area (Å²) in [7, 11) is 0. The highest BCUT2D eigenvalue weighted by molar-refractivity contribution is 6.17. The van der Waals surface area contributed by atoms with Gasteiger partial charge in [-0.3, -0.25) is 0 Å². The van der Waals surface area contributed by atoms with Crippen LogP contribution in [0, 0.1) is 0 Å². The zero-order valence-electron chi connectivity index (χ0n) is 9.43. The number of hydrogen-bond donors (Lipinski definition) is 1. The van der Waals surface area contributed by atoms with E-state index in [1.807, 2.05) is 0 Å². The first-order valence-corrected chi connectivity index (χ1v) is 6.24. The van der Waals surface area contributed by atoms with E-state index in [0.29, 0.717) is 5.88 Å². The molecular weight excluding hydrogens is 206 g/mol. The minimum Gasteiger partial charge on any atom is -0.313 e. The summed E-state index contributed by atoms with van der Waals surface area (Å²) in [6.45, 7) is 4.29. The fourth-order valence-electron chi connectivity index (χ4n) is 1.56. The summed E-state index contributed by atoms with van der Waals surface area (Å²) in [6, 6.07) is 8.44. The van der Waals surface area contributed by atoms with Gasteiger partial charge in [0.15, 0.2) is 0 Å². The molecular formula is C13H20ClN. The second-order valence-electron chi connectivity index (χ2n) is 3.84. The van der Waals surface area contributed by atoms with Gasteiger partial charge in [-0.25, -0.2) is 0 Å². The lowest BCUT2D eigenvalue weighted by Crippen LogP contribution is -2.14. The van der Waals surface area contributed by atoms with Crippen LogP contribution in [0.3, 0.4) is 0 Å². The van der Waals surface area contributed by atoms with Gasteiger partial charge in [0.25, 0.3) is 0 Å².